The van der Waals surface area contributed by atoms with Gasteiger partial charge in [0.25, 0.3) is 0 Å². The Kier molecular flexibility index (Phi) is 4.68. The summed E-state index contributed by atoms with van der Waals surface area (Å²) in [4.78, 5) is 13.4. The van der Waals surface area contributed by atoms with E-state index in [2.05, 4.69) is 0 Å². The van der Waals surface area contributed by atoms with Gasteiger partial charge in [-0.25, -0.2) is 0 Å². The molecule has 0 radical (unpaired) electrons. The number of hydrogen-bond donors (Lipinski definition) is 0. The van der Waals surface area contributed by atoms with Crippen molar-refractivity contribution in [1.29, 1.82) is 0 Å². The molecule has 1 heterocycles. The zero-order valence-corrected chi connectivity index (χ0v) is 17.2. The summed E-state index contributed by atoms with van der Waals surface area (Å²) in [5.74, 6) is 1.66. The number of carbonyl (C=O) groups is 1. The minimum absolute atomic E-state index is 0.154. The van der Waals surface area contributed by atoms with Gasteiger partial charge in [-0.05, 0) is 46.7 Å². The van der Waals surface area contributed by atoms with Crippen LogP contribution in [0.25, 0.3) is 32.9 Å². The van der Waals surface area contributed by atoms with E-state index in [9.17, 15) is 4.79 Å². The Labute approximate surface area is 179 Å². The fraction of sp³-hybridized carbons (Fsp3) is 0.0741. The minimum Gasteiger partial charge on any atom is -0.497 e. The normalized spacial score (nSPS) is 11.0. The molecule has 0 unspecified atom stereocenters. The molecule has 5 rings (SSSR count). The third-order valence-electron chi connectivity index (χ3n) is 5.50. The molecule has 0 aliphatic carbocycles. The highest BCUT2D eigenvalue weighted by atomic mass is 16.5. The maximum absolute atomic E-state index is 13.4. The van der Waals surface area contributed by atoms with Gasteiger partial charge in [-0.3, -0.25) is 4.79 Å². The lowest BCUT2D eigenvalue weighted by atomic mass is 9.95. The monoisotopic (exact) mass is 408 g/mol. The summed E-state index contributed by atoms with van der Waals surface area (Å²) >= 11 is 0. The number of furan rings is 1. The summed E-state index contributed by atoms with van der Waals surface area (Å²) in [7, 11) is 3.28. The molecule has 0 N–H and O–H groups in total. The summed E-state index contributed by atoms with van der Waals surface area (Å²) in [6.45, 7) is 0. The van der Waals surface area contributed by atoms with E-state index in [1.165, 1.54) is 0 Å². The summed E-state index contributed by atoms with van der Waals surface area (Å²) in [6.07, 6.45) is 0. The molecule has 1 aromatic heterocycles. The molecule has 0 saturated carbocycles. The Morgan fingerprint density at radius 1 is 0.774 bits per heavy atom. The van der Waals surface area contributed by atoms with Crippen LogP contribution < -0.4 is 9.47 Å². The van der Waals surface area contributed by atoms with Crippen LogP contribution in [0.3, 0.4) is 0 Å². The van der Waals surface area contributed by atoms with E-state index in [0.29, 0.717) is 16.9 Å². The molecule has 0 fully saturated rings. The first-order chi connectivity index (χ1) is 15.2. The highest BCUT2D eigenvalue weighted by Crippen LogP contribution is 2.41. The van der Waals surface area contributed by atoms with Crippen LogP contribution in [0.1, 0.15) is 16.1 Å². The van der Waals surface area contributed by atoms with Gasteiger partial charge in [0.1, 0.15) is 17.1 Å². The molecular weight excluding hydrogens is 388 g/mol. The quantitative estimate of drug-likeness (QED) is 0.311. The number of fused-ring (bicyclic) bond motifs is 3. The van der Waals surface area contributed by atoms with Gasteiger partial charge in [0.15, 0.2) is 5.76 Å². The molecular formula is C27H20O4. The molecule has 4 heteroatoms. The van der Waals surface area contributed by atoms with Gasteiger partial charge in [0.05, 0.1) is 14.2 Å². The van der Waals surface area contributed by atoms with Crippen LogP contribution >= 0.6 is 0 Å². The van der Waals surface area contributed by atoms with E-state index in [4.69, 9.17) is 13.9 Å². The lowest BCUT2D eigenvalue weighted by molar-refractivity contribution is 0.101. The van der Waals surface area contributed by atoms with Crippen molar-refractivity contribution in [2.75, 3.05) is 14.2 Å². The molecule has 4 aromatic carbocycles. The first-order valence-electron chi connectivity index (χ1n) is 9.97. The molecule has 0 amide bonds. The van der Waals surface area contributed by atoms with Gasteiger partial charge in [0.2, 0.25) is 5.78 Å². The maximum atomic E-state index is 13.4. The van der Waals surface area contributed by atoms with Crippen LogP contribution in [-0.4, -0.2) is 20.0 Å². The summed E-state index contributed by atoms with van der Waals surface area (Å²) in [5, 5.41) is 2.90. The average Bonchev–Trinajstić information content (AvgIpc) is 3.24. The lowest BCUT2D eigenvalue weighted by Crippen LogP contribution is -2.01. The number of benzene rings is 4. The fourth-order valence-corrected chi connectivity index (χ4v) is 3.94. The second-order valence-corrected chi connectivity index (χ2v) is 7.26. The minimum atomic E-state index is -0.154. The number of carbonyl (C=O) groups excluding carboxylic acids is 1. The molecule has 0 aliphatic heterocycles. The zero-order valence-electron chi connectivity index (χ0n) is 17.2. The van der Waals surface area contributed by atoms with Crippen LogP contribution in [-0.2, 0) is 0 Å². The third kappa shape index (κ3) is 3.22. The first-order valence-corrected chi connectivity index (χ1v) is 9.97. The highest BCUT2D eigenvalue weighted by molar-refractivity contribution is 6.21. The summed E-state index contributed by atoms with van der Waals surface area (Å²) < 4.78 is 17.0. The van der Waals surface area contributed by atoms with Crippen LogP contribution in [0.15, 0.2) is 89.3 Å². The molecule has 0 aliphatic rings. The average molecular weight is 408 g/mol. The zero-order chi connectivity index (χ0) is 21.4. The Morgan fingerprint density at radius 3 is 2.16 bits per heavy atom. The van der Waals surface area contributed by atoms with E-state index in [-0.39, 0.29) is 5.78 Å². The predicted molar refractivity (Wildman–Crippen MR) is 122 cm³/mol. The fourth-order valence-electron chi connectivity index (χ4n) is 3.94. The Morgan fingerprint density at radius 2 is 1.45 bits per heavy atom. The van der Waals surface area contributed by atoms with Crippen molar-refractivity contribution in [1.82, 2.24) is 0 Å². The van der Waals surface area contributed by atoms with Gasteiger partial charge in [-0.1, -0.05) is 54.6 Å². The number of ketones is 1. The van der Waals surface area contributed by atoms with Crippen molar-refractivity contribution in [2.45, 2.75) is 0 Å². The Bertz CT molecular complexity index is 1400. The molecule has 0 bridgehead atoms. The molecule has 0 atom stereocenters. The SMILES string of the molecule is COc1ccc(-c2c(C(=O)c3ccccc3)oc3ccc4ccc(OC)cc4c23)cc1. The van der Waals surface area contributed by atoms with Crippen LogP contribution in [0.4, 0.5) is 0 Å². The van der Waals surface area contributed by atoms with Crippen molar-refractivity contribution in [3.8, 4) is 22.6 Å². The molecule has 5 aromatic rings. The van der Waals surface area contributed by atoms with Gasteiger partial charge in [0, 0.05) is 16.5 Å². The molecule has 0 spiro atoms. The maximum Gasteiger partial charge on any atom is 0.228 e. The first kappa shape index (κ1) is 18.9. The number of ether oxygens (including phenoxy) is 2. The number of methoxy groups -OCH3 is 2. The lowest BCUT2D eigenvalue weighted by Gasteiger charge is -2.08. The Balaban J connectivity index is 1.85. The predicted octanol–water partition coefficient (Wildman–Crippen LogP) is 6.50. The standard InChI is InChI=1S/C27H20O4/c1-29-20-12-9-18(10-13-20)24-25-22-16-21(30-2)14-8-17(22)11-15-23(25)31-27(24)26(28)19-6-4-3-5-7-19/h3-16H,1-2H3. The Hall–Kier alpha value is -4.05. The largest absolute Gasteiger partial charge is 0.497 e. The topological polar surface area (TPSA) is 48.7 Å². The van der Waals surface area contributed by atoms with Crippen LogP contribution in [0, 0.1) is 0 Å². The van der Waals surface area contributed by atoms with E-state index in [0.717, 1.165) is 38.8 Å². The second-order valence-electron chi connectivity index (χ2n) is 7.26. The molecule has 31 heavy (non-hydrogen) atoms. The highest BCUT2D eigenvalue weighted by Gasteiger charge is 2.24. The van der Waals surface area contributed by atoms with Gasteiger partial charge in [-0.2, -0.15) is 0 Å². The van der Waals surface area contributed by atoms with E-state index < -0.39 is 0 Å². The van der Waals surface area contributed by atoms with E-state index in [1.54, 1.807) is 26.4 Å². The van der Waals surface area contributed by atoms with Crippen molar-refractivity contribution in [3.63, 3.8) is 0 Å². The smallest absolute Gasteiger partial charge is 0.228 e. The molecule has 152 valence electrons. The van der Waals surface area contributed by atoms with E-state index in [1.807, 2.05) is 72.8 Å². The van der Waals surface area contributed by atoms with Crippen molar-refractivity contribution in [3.05, 3.63) is 96.3 Å². The molecule has 0 saturated heterocycles. The number of rotatable bonds is 5. The van der Waals surface area contributed by atoms with Gasteiger partial charge >= 0.3 is 0 Å². The second kappa shape index (κ2) is 7.65. The molecule has 4 nitrogen and oxygen atoms in total. The third-order valence-corrected chi connectivity index (χ3v) is 5.50. The van der Waals surface area contributed by atoms with Crippen LogP contribution in [0.2, 0.25) is 0 Å². The van der Waals surface area contributed by atoms with Crippen molar-refractivity contribution >= 4 is 27.5 Å². The van der Waals surface area contributed by atoms with Crippen molar-refractivity contribution < 1.29 is 18.7 Å². The van der Waals surface area contributed by atoms with Gasteiger partial charge < -0.3 is 13.9 Å². The number of hydrogen-bond acceptors (Lipinski definition) is 4. The van der Waals surface area contributed by atoms with Crippen molar-refractivity contribution in [2.24, 2.45) is 0 Å². The summed E-state index contributed by atoms with van der Waals surface area (Å²) in [6, 6.07) is 26.7. The summed E-state index contributed by atoms with van der Waals surface area (Å²) in [5.41, 5.74) is 2.89. The van der Waals surface area contributed by atoms with Crippen LogP contribution in [0.5, 0.6) is 11.5 Å². The van der Waals surface area contributed by atoms with Gasteiger partial charge in [-0.15, -0.1) is 0 Å². The van der Waals surface area contributed by atoms with E-state index >= 15 is 0 Å².